The van der Waals surface area contributed by atoms with Crippen LogP contribution in [0.1, 0.15) is 51.5 Å². The molecular weight excluding hydrogens is 300 g/mol. The molecule has 2 rings (SSSR count). The van der Waals surface area contributed by atoms with E-state index in [2.05, 4.69) is 53.1 Å². The Kier molecular flexibility index (Phi) is 4.88. The van der Waals surface area contributed by atoms with Gasteiger partial charge in [-0.15, -0.1) is 0 Å². The molecule has 0 aliphatic heterocycles. The molecule has 1 fully saturated rings. The fraction of sp³-hybridized carbons (Fsp3) is 0.688. The molecule has 1 aliphatic carbocycles. The average molecular weight is 325 g/mol. The van der Waals surface area contributed by atoms with Crippen molar-refractivity contribution in [1.82, 2.24) is 4.98 Å². The van der Waals surface area contributed by atoms with Gasteiger partial charge in [-0.2, -0.15) is 0 Å². The van der Waals surface area contributed by atoms with Crippen molar-refractivity contribution in [2.45, 2.75) is 52.9 Å². The lowest BCUT2D eigenvalue weighted by atomic mass is 9.78. The zero-order chi connectivity index (χ0) is 13.9. The van der Waals surface area contributed by atoms with Gasteiger partial charge in [-0.1, -0.05) is 26.7 Å². The molecule has 2 nitrogen and oxygen atoms in total. The molecule has 0 amide bonds. The third-order valence-electron chi connectivity index (χ3n) is 4.20. The van der Waals surface area contributed by atoms with Crippen LogP contribution < -0.4 is 5.32 Å². The molecule has 19 heavy (non-hydrogen) atoms. The van der Waals surface area contributed by atoms with Crippen molar-refractivity contribution in [3.05, 3.63) is 22.3 Å². The number of rotatable bonds is 5. The average Bonchev–Trinajstić information content (AvgIpc) is 2.79. The number of aryl methyl sites for hydroxylation is 1. The van der Waals surface area contributed by atoms with Crippen LogP contribution in [-0.4, -0.2) is 11.5 Å². The van der Waals surface area contributed by atoms with Crippen molar-refractivity contribution in [3.63, 3.8) is 0 Å². The maximum atomic E-state index is 4.45. The normalized spacial score (nSPS) is 17.9. The Hall–Kier alpha value is -0.570. The summed E-state index contributed by atoms with van der Waals surface area (Å²) in [5, 5.41) is 3.57. The van der Waals surface area contributed by atoms with E-state index in [9.17, 15) is 0 Å². The summed E-state index contributed by atoms with van der Waals surface area (Å²) in [4.78, 5) is 4.45. The zero-order valence-corrected chi connectivity index (χ0v) is 13.9. The Labute approximate surface area is 125 Å². The molecule has 1 aliphatic rings. The predicted molar refractivity (Wildman–Crippen MR) is 85.5 cm³/mol. The standard InChI is InChI=1S/C16H25BrN2/c1-12(2)9-16(6-4-5-7-16)11-19-15-8-13(3)14(17)10-18-15/h8,10,12H,4-7,9,11H2,1-3H3,(H,18,19). The van der Waals surface area contributed by atoms with Crippen LogP contribution in [-0.2, 0) is 0 Å². The molecule has 1 heterocycles. The summed E-state index contributed by atoms with van der Waals surface area (Å²) in [5.74, 6) is 1.79. The first-order valence-corrected chi connectivity index (χ1v) is 8.16. The summed E-state index contributed by atoms with van der Waals surface area (Å²) >= 11 is 3.50. The maximum absolute atomic E-state index is 4.45. The predicted octanol–water partition coefficient (Wildman–Crippen LogP) is 5.17. The van der Waals surface area contributed by atoms with Gasteiger partial charge in [-0.3, -0.25) is 0 Å². The van der Waals surface area contributed by atoms with Gasteiger partial charge in [0.25, 0.3) is 0 Å². The van der Waals surface area contributed by atoms with Crippen LogP contribution in [0.2, 0.25) is 0 Å². The Balaban J connectivity index is 2.00. The maximum Gasteiger partial charge on any atom is 0.126 e. The second-order valence-corrected chi connectivity index (χ2v) is 7.33. The van der Waals surface area contributed by atoms with Gasteiger partial charge < -0.3 is 5.32 Å². The molecule has 1 aromatic rings. The number of aromatic nitrogens is 1. The highest BCUT2D eigenvalue weighted by Gasteiger charge is 2.34. The molecule has 1 aromatic heterocycles. The van der Waals surface area contributed by atoms with E-state index in [1.807, 2.05) is 6.20 Å². The molecule has 1 N–H and O–H groups in total. The molecule has 0 spiro atoms. The van der Waals surface area contributed by atoms with Crippen LogP contribution in [0.4, 0.5) is 5.82 Å². The van der Waals surface area contributed by atoms with Gasteiger partial charge in [0.15, 0.2) is 0 Å². The molecular formula is C16H25BrN2. The summed E-state index contributed by atoms with van der Waals surface area (Å²) in [6, 6.07) is 2.13. The third-order valence-corrected chi connectivity index (χ3v) is 5.03. The second kappa shape index (κ2) is 6.25. The number of pyridine rings is 1. The minimum Gasteiger partial charge on any atom is -0.370 e. The monoisotopic (exact) mass is 324 g/mol. The van der Waals surface area contributed by atoms with Crippen molar-refractivity contribution >= 4 is 21.7 Å². The second-order valence-electron chi connectivity index (χ2n) is 6.48. The Morgan fingerprint density at radius 3 is 2.63 bits per heavy atom. The highest BCUT2D eigenvalue weighted by molar-refractivity contribution is 9.10. The molecule has 0 saturated heterocycles. The van der Waals surface area contributed by atoms with Gasteiger partial charge in [-0.05, 0) is 65.1 Å². The first kappa shape index (κ1) is 14.8. The van der Waals surface area contributed by atoms with Crippen LogP contribution in [0.5, 0.6) is 0 Å². The van der Waals surface area contributed by atoms with E-state index >= 15 is 0 Å². The largest absolute Gasteiger partial charge is 0.370 e. The summed E-state index contributed by atoms with van der Waals surface area (Å²) in [6.45, 7) is 7.85. The first-order valence-electron chi connectivity index (χ1n) is 7.37. The molecule has 0 radical (unpaired) electrons. The molecule has 3 heteroatoms. The topological polar surface area (TPSA) is 24.9 Å². The van der Waals surface area contributed by atoms with Crippen molar-refractivity contribution in [2.75, 3.05) is 11.9 Å². The smallest absolute Gasteiger partial charge is 0.126 e. The minimum atomic E-state index is 0.497. The van der Waals surface area contributed by atoms with Crippen molar-refractivity contribution in [3.8, 4) is 0 Å². The van der Waals surface area contributed by atoms with Crippen molar-refractivity contribution < 1.29 is 0 Å². The number of hydrogen-bond donors (Lipinski definition) is 1. The fourth-order valence-corrected chi connectivity index (χ4v) is 3.57. The number of anilines is 1. The summed E-state index contributed by atoms with van der Waals surface area (Å²) in [7, 11) is 0. The van der Waals surface area contributed by atoms with Gasteiger partial charge in [-0.25, -0.2) is 4.98 Å². The summed E-state index contributed by atoms with van der Waals surface area (Å²) in [6.07, 6.45) is 8.74. The van der Waals surface area contributed by atoms with Crippen LogP contribution in [0.15, 0.2) is 16.7 Å². The fourth-order valence-electron chi connectivity index (χ4n) is 3.36. The quantitative estimate of drug-likeness (QED) is 0.808. The summed E-state index contributed by atoms with van der Waals surface area (Å²) in [5.41, 5.74) is 1.73. The number of nitrogens with one attached hydrogen (secondary N) is 1. The molecule has 0 unspecified atom stereocenters. The zero-order valence-electron chi connectivity index (χ0n) is 12.3. The van der Waals surface area contributed by atoms with Crippen molar-refractivity contribution in [2.24, 2.45) is 11.3 Å². The van der Waals surface area contributed by atoms with Gasteiger partial charge in [0.1, 0.15) is 5.82 Å². The lowest BCUT2D eigenvalue weighted by Gasteiger charge is -2.31. The molecule has 1 saturated carbocycles. The Morgan fingerprint density at radius 2 is 2.05 bits per heavy atom. The lowest BCUT2D eigenvalue weighted by Crippen LogP contribution is -2.28. The van der Waals surface area contributed by atoms with E-state index in [0.717, 1.165) is 22.8 Å². The van der Waals surface area contributed by atoms with Crippen LogP contribution in [0, 0.1) is 18.3 Å². The van der Waals surface area contributed by atoms with E-state index in [0.29, 0.717) is 5.41 Å². The van der Waals surface area contributed by atoms with Gasteiger partial charge >= 0.3 is 0 Å². The van der Waals surface area contributed by atoms with Crippen LogP contribution in [0.3, 0.4) is 0 Å². The minimum absolute atomic E-state index is 0.497. The lowest BCUT2D eigenvalue weighted by molar-refractivity contribution is 0.252. The van der Waals surface area contributed by atoms with Gasteiger partial charge in [0.05, 0.1) is 0 Å². The third kappa shape index (κ3) is 3.95. The number of hydrogen-bond acceptors (Lipinski definition) is 2. The molecule has 106 valence electrons. The van der Waals surface area contributed by atoms with E-state index in [4.69, 9.17) is 0 Å². The first-order chi connectivity index (χ1) is 9.01. The highest BCUT2D eigenvalue weighted by Crippen LogP contribution is 2.43. The SMILES string of the molecule is Cc1cc(NCC2(CC(C)C)CCCC2)ncc1Br. The molecule has 0 aromatic carbocycles. The Bertz CT molecular complexity index is 423. The molecule has 0 bridgehead atoms. The number of nitrogens with zero attached hydrogens (tertiary/aromatic N) is 1. The molecule has 0 atom stereocenters. The van der Waals surface area contributed by atoms with Crippen LogP contribution in [0.25, 0.3) is 0 Å². The van der Waals surface area contributed by atoms with Gasteiger partial charge in [0.2, 0.25) is 0 Å². The van der Waals surface area contributed by atoms with E-state index in [1.54, 1.807) is 0 Å². The van der Waals surface area contributed by atoms with Crippen LogP contribution >= 0.6 is 15.9 Å². The van der Waals surface area contributed by atoms with Gasteiger partial charge in [0, 0.05) is 17.2 Å². The van der Waals surface area contributed by atoms with E-state index in [1.165, 1.54) is 37.7 Å². The van der Waals surface area contributed by atoms with Crippen molar-refractivity contribution in [1.29, 1.82) is 0 Å². The number of halogens is 1. The highest BCUT2D eigenvalue weighted by atomic mass is 79.9. The summed E-state index contributed by atoms with van der Waals surface area (Å²) < 4.78 is 1.08. The van der Waals surface area contributed by atoms with E-state index < -0.39 is 0 Å². The Morgan fingerprint density at radius 1 is 1.37 bits per heavy atom. The van der Waals surface area contributed by atoms with E-state index in [-0.39, 0.29) is 0 Å².